The van der Waals surface area contributed by atoms with Gasteiger partial charge in [-0.3, -0.25) is 0 Å². The van der Waals surface area contributed by atoms with Crippen LogP contribution in [0.4, 0.5) is 0 Å². The summed E-state index contributed by atoms with van der Waals surface area (Å²) in [5, 5.41) is 4.49. The van der Waals surface area contributed by atoms with Crippen molar-refractivity contribution in [1.29, 1.82) is 0 Å². The van der Waals surface area contributed by atoms with E-state index in [-0.39, 0.29) is 0 Å². The zero-order valence-corrected chi connectivity index (χ0v) is 19.8. The SMILES string of the molecule is CC/C=C\C/C=C\CCCCC[P+](c1ccccc1)(c1ccccc1)c1ccccc1. The Morgan fingerprint density at radius 1 is 0.548 bits per heavy atom. The summed E-state index contributed by atoms with van der Waals surface area (Å²) in [7, 11) is -1.65. The molecule has 0 amide bonds. The Bertz CT molecular complexity index is 814. The molecule has 0 aliphatic carbocycles. The first-order valence-corrected chi connectivity index (χ1v) is 13.7. The van der Waals surface area contributed by atoms with Crippen LogP contribution in [0.2, 0.25) is 0 Å². The number of rotatable bonds is 12. The van der Waals surface area contributed by atoms with Crippen molar-refractivity contribution >= 4 is 23.2 Å². The summed E-state index contributed by atoms with van der Waals surface area (Å²) in [5.41, 5.74) is 0. The Morgan fingerprint density at radius 2 is 1.03 bits per heavy atom. The van der Waals surface area contributed by atoms with Gasteiger partial charge in [-0.25, -0.2) is 0 Å². The van der Waals surface area contributed by atoms with E-state index in [4.69, 9.17) is 0 Å². The largest absolute Gasteiger partial charge is 0.112 e. The molecule has 0 spiro atoms. The van der Waals surface area contributed by atoms with Gasteiger partial charge >= 0.3 is 0 Å². The second-order valence-electron chi connectivity index (χ2n) is 7.98. The lowest BCUT2D eigenvalue weighted by Crippen LogP contribution is -2.33. The second kappa shape index (κ2) is 13.1. The van der Waals surface area contributed by atoms with Crippen LogP contribution >= 0.6 is 7.26 Å². The number of hydrogen-bond acceptors (Lipinski definition) is 0. The van der Waals surface area contributed by atoms with E-state index in [0.717, 1.165) is 12.8 Å². The van der Waals surface area contributed by atoms with Crippen molar-refractivity contribution in [3.8, 4) is 0 Å². The molecule has 31 heavy (non-hydrogen) atoms. The maximum Gasteiger partial charge on any atom is 0.112 e. The molecule has 0 heterocycles. The molecular weight excluding hydrogens is 391 g/mol. The molecule has 160 valence electrons. The Labute approximate surface area is 190 Å². The van der Waals surface area contributed by atoms with Crippen LogP contribution in [-0.4, -0.2) is 6.16 Å². The smallest absolute Gasteiger partial charge is 0.0885 e. The molecule has 0 aliphatic heterocycles. The predicted molar refractivity (Wildman–Crippen MR) is 142 cm³/mol. The second-order valence-corrected chi connectivity index (χ2v) is 11.6. The number of hydrogen-bond donors (Lipinski definition) is 0. The zero-order chi connectivity index (χ0) is 21.6. The molecule has 0 fully saturated rings. The molecule has 0 unspecified atom stereocenters. The normalized spacial score (nSPS) is 12.0. The minimum absolute atomic E-state index is 1.07. The van der Waals surface area contributed by atoms with Gasteiger partial charge in [-0.1, -0.05) is 85.8 Å². The number of unbranched alkanes of at least 4 members (excludes halogenated alkanes) is 3. The maximum absolute atomic E-state index is 2.36. The molecule has 0 bridgehead atoms. The van der Waals surface area contributed by atoms with Gasteiger partial charge in [-0.05, 0) is 74.9 Å². The highest BCUT2D eigenvalue weighted by atomic mass is 31.2. The van der Waals surface area contributed by atoms with Crippen molar-refractivity contribution in [2.45, 2.75) is 45.4 Å². The van der Waals surface area contributed by atoms with Crippen molar-refractivity contribution < 1.29 is 0 Å². The van der Waals surface area contributed by atoms with Crippen LogP contribution in [0.3, 0.4) is 0 Å². The third kappa shape index (κ3) is 6.52. The fraction of sp³-hybridized carbons (Fsp3) is 0.267. The van der Waals surface area contributed by atoms with Gasteiger partial charge in [-0.15, -0.1) is 0 Å². The summed E-state index contributed by atoms with van der Waals surface area (Å²) in [6, 6.07) is 33.7. The molecule has 3 aromatic carbocycles. The highest BCUT2D eigenvalue weighted by molar-refractivity contribution is 7.95. The van der Waals surface area contributed by atoms with Gasteiger partial charge in [0, 0.05) is 0 Å². The van der Waals surface area contributed by atoms with Crippen molar-refractivity contribution in [2.24, 2.45) is 0 Å². The summed E-state index contributed by atoms with van der Waals surface area (Å²) >= 11 is 0. The van der Waals surface area contributed by atoms with Crippen LogP contribution in [0.1, 0.15) is 45.4 Å². The molecule has 0 aliphatic rings. The first-order chi connectivity index (χ1) is 15.4. The van der Waals surface area contributed by atoms with E-state index >= 15 is 0 Å². The van der Waals surface area contributed by atoms with Gasteiger partial charge in [0.15, 0.2) is 0 Å². The van der Waals surface area contributed by atoms with Crippen LogP contribution in [0.5, 0.6) is 0 Å². The van der Waals surface area contributed by atoms with E-state index in [1.54, 1.807) is 0 Å². The molecule has 0 nitrogen and oxygen atoms in total. The Balaban J connectivity index is 1.76. The van der Waals surface area contributed by atoms with Crippen LogP contribution in [0, 0.1) is 0 Å². The Hall–Kier alpha value is -2.43. The van der Waals surface area contributed by atoms with E-state index in [9.17, 15) is 0 Å². The molecule has 0 aromatic heterocycles. The number of benzene rings is 3. The highest BCUT2D eigenvalue weighted by Gasteiger charge is 2.44. The summed E-state index contributed by atoms with van der Waals surface area (Å²) < 4.78 is 0. The van der Waals surface area contributed by atoms with Crippen molar-refractivity contribution in [3.63, 3.8) is 0 Å². The molecule has 0 N–H and O–H groups in total. The first kappa shape index (κ1) is 23.2. The van der Waals surface area contributed by atoms with E-state index < -0.39 is 7.26 Å². The van der Waals surface area contributed by atoms with Gasteiger partial charge in [0.1, 0.15) is 23.2 Å². The van der Waals surface area contributed by atoms with Crippen LogP contribution in [0.25, 0.3) is 0 Å². The maximum atomic E-state index is 2.36. The quantitative estimate of drug-likeness (QED) is 0.160. The average Bonchev–Trinajstić information content (AvgIpc) is 2.84. The van der Waals surface area contributed by atoms with Crippen LogP contribution < -0.4 is 15.9 Å². The first-order valence-electron chi connectivity index (χ1n) is 11.7. The highest BCUT2D eigenvalue weighted by Crippen LogP contribution is 2.55. The Kier molecular flexibility index (Phi) is 9.81. The van der Waals surface area contributed by atoms with Crippen LogP contribution in [0.15, 0.2) is 115 Å². The van der Waals surface area contributed by atoms with Gasteiger partial charge in [0.2, 0.25) is 0 Å². The lowest BCUT2D eigenvalue weighted by Gasteiger charge is -2.27. The summed E-state index contributed by atoms with van der Waals surface area (Å²) in [5.74, 6) is 0. The minimum Gasteiger partial charge on any atom is -0.0885 e. The molecule has 3 aromatic rings. The number of allylic oxidation sites excluding steroid dienone is 4. The van der Waals surface area contributed by atoms with E-state index in [1.165, 1.54) is 47.8 Å². The predicted octanol–water partition coefficient (Wildman–Crippen LogP) is 7.45. The standard InChI is InChI=1S/C30H36P/c1-2-3-4-5-6-7-8-9-10-20-27-31(28-21-14-11-15-22-28,29-23-16-12-17-24-29)30-25-18-13-19-26-30/h3-4,6-7,11-19,21-26H,2,5,8-10,20,27H2,1H3/q+1/b4-3-,7-6-. The van der Waals surface area contributed by atoms with Gasteiger partial charge < -0.3 is 0 Å². The van der Waals surface area contributed by atoms with E-state index in [1.807, 2.05) is 0 Å². The van der Waals surface area contributed by atoms with Crippen molar-refractivity contribution in [2.75, 3.05) is 6.16 Å². The third-order valence-electron chi connectivity index (χ3n) is 5.80. The molecule has 0 saturated heterocycles. The van der Waals surface area contributed by atoms with Crippen molar-refractivity contribution in [1.82, 2.24) is 0 Å². The minimum atomic E-state index is -1.65. The molecule has 0 radical (unpaired) electrons. The third-order valence-corrected chi connectivity index (χ3v) is 10.3. The van der Waals surface area contributed by atoms with Crippen LogP contribution in [-0.2, 0) is 0 Å². The van der Waals surface area contributed by atoms with Gasteiger partial charge in [0.25, 0.3) is 0 Å². The van der Waals surface area contributed by atoms with Gasteiger partial charge in [-0.2, -0.15) is 0 Å². The van der Waals surface area contributed by atoms with E-state index in [2.05, 4.69) is 122 Å². The topological polar surface area (TPSA) is 0 Å². The summed E-state index contributed by atoms with van der Waals surface area (Å²) in [4.78, 5) is 0. The molecule has 0 atom stereocenters. The van der Waals surface area contributed by atoms with E-state index in [0.29, 0.717) is 0 Å². The Morgan fingerprint density at radius 3 is 1.52 bits per heavy atom. The lowest BCUT2D eigenvalue weighted by molar-refractivity contribution is 0.732. The zero-order valence-electron chi connectivity index (χ0n) is 18.9. The molecule has 3 rings (SSSR count). The van der Waals surface area contributed by atoms with Crippen molar-refractivity contribution in [3.05, 3.63) is 115 Å². The molecule has 1 heteroatoms. The lowest BCUT2D eigenvalue weighted by atomic mass is 10.2. The summed E-state index contributed by atoms with van der Waals surface area (Å²) in [6.07, 6.45) is 17.6. The molecule has 0 saturated carbocycles. The monoisotopic (exact) mass is 427 g/mol. The average molecular weight is 428 g/mol. The van der Waals surface area contributed by atoms with Gasteiger partial charge in [0.05, 0.1) is 6.16 Å². The fourth-order valence-corrected chi connectivity index (χ4v) is 8.64. The molecular formula is C30H36P+. The fourth-order valence-electron chi connectivity index (χ4n) is 4.23. The summed E-state index contributed by atoms with van der Waals surface area (Å²) in [6.45, 7) is 2.18.